The van der Waals surface area contributed by atoms with Crippen molar-refractivity contribution in [1.29, 1.82) is 0 Å². The van der Waals surface area contributed by atoms with E-state index in [2.05, 4.69) is 0 Å². The normalized spacial score (nSPS) is 16.8. The summed E-state index contributed by atoms with van der Waals surface area (Å²) in [6, 6.07) is 0. The molecule has 3 nitrogen and oxygen atoms in total. The summed E-state index contributed by atoms with van der Waals surface area (Å²) in [4.78, 5) is 0. The summed E-state index contributed by atoms with van der Waals surface area (Å²) >= 11 is 0. The van der Waals surface area contributed by atoms with Gasteiger partial charge in [-0.3, -0.25) is 0 Å². The largest absolute Gasteiger partial charge is 0.389 e. The Kier molecular flexibility index (Phi) is 4.60. The van der Waals surface area contributed by atoms with Crippen molar-refractivity contribution >= 4 is 0 Å². The Morgan fingerprint density at radius 1 is 1.60 bits per heavy atom. The molecule has 0 aromatic heterocycles. The molecule has 0 aromatic rings. The van der Waals surface area contributed by atoms with Crippen molar-refractivity contribution in [2.75, 3.05) is 20.3 Å². The highest BCUT2D eigenvalue weighted by atomic mass is 16.5. The Morgan fingerprint density at radius 3 is 2.60 bits per heavy atom. The van der Waals surface area contributed by atoms with Gasteiger partial charge in [0.05, 0.1) is 5.60 Å². The van der Waals surface area contributed by atoms with Crippen LogP contribution in [0, 0.1) is 0 Å². The summed E-state index contributed by atoms with van der Waals surface area (Å²) in [5.74, 6) is 0. The summed E-state index contributed by atoms with van der Waals surface area (Å²) in [7, 11) is 1.65. The lowest BCUT2D eigenvalue weighted by Gasteiger charge is -2.20. The summed E-state index contributed by atoms with van der Waals surface area (Å²) in [6.07, 6.45) is 1.57. The Balaban J connectivity index is 3.28. The first-order valence-electron chi connectivity index (χ1n) is 3.54. The van der Waals surface area contributed by atoms with Gasteiger partial charge < -0.3 is 15.6 Å². The molecule has 0 bridgehead atoms. The Hall–Kier alpha value is -0.120. The number of ether oxygens (including phenoxy) is 1. The molecule has 10 heavy (non-hydrogen) atoms. The zero-order valence-corrected chi connectivity index (χ0v) is 6.76. The lowest BCUT2D eigenvalue weighted by Crippen LogP contribution is -2.34. The molecule has 0 aliphatic carbocycles. The fraction of sp³-hybridized carbons (Fsp3) is 1.00. The maximum absolute atomic E-state index is 9.37. The number of rotatable bonds is 5. The average Bonchev–Trinajstić information content (AvgIpc) is 1.89. The van der Waals surface area contributed by atoms with Gasteiger partial charge in [0.25, 0.3) is 0 Å². The minimum Gasteiger partial charge on any atom is -0.389 e. The molecule has 0 amide bonds. The topological polar surface area (TPSA) is 55.5 Å². The zero-order valence-electron chi connectivity index (χ0n) is 6.76. The molecule has 1 unspecified atom stereocenters. The van der Waals surface area contributed by atoms with Gasteiger partial charge in [-0.25, -0.2) is 0 Å². The van der Waals surface area contributed by atoms with Crippen molar-refractivity contribution in [1.82, 2.24) is 0 Å². The van der Waals surface area contributed by atoms with Gasteiger partial charge in [-0.15, -0.1) is 0 Å². The highest BCUT2D eigenvalue weighted by Gasteiger charge is 2.16. The van der Waals surface area contributed by atoms with E-state index in [-0.39, 0.29) is 0 Å². The van der Waals surface area contributed by atoms with Gasteiger partial charge >= 0.3 is 0 Å². The molecule has 62 valence electrons. The van der Waals surface area contributed by atoms with Crippen LogP contribution < -0.4 is 5.73 Å². The third-order valence-electron chi connectivity index (χ3n) is 1.50. The van der Waals surface area contributed by atoms with Crippen LogP contribution in [0.5, 0.6) is 0 Å². The number of hydrogen-bond donors (Lipinski definition) is 2. The van der Waals surface area contributed by atoms with Crippen molar-refractivity contribution in [2.24, 2.45) is 5.73 Å². The fourth-order valence-corrected chi connectivity index (χ4v) is 0.699. The van der Waals surface area contributed by atoms with Crippen LogP contribution >= 0.6 is 0 Å². The van der Waals surface area contributed by atoms with Gasteiger partial charge in [-0.05, 0) is 19.8 Å². The molecule has 0 aliphatic heterocycles. The second kappa shape index (κ2) is 4.66. The fourth-order valence-electron chi connectivity index (χ4n) is 0.699. The van der Waals surface area contributed by atoms with E-state index in [0.29, 0.717) is 19.6 Å². The molecule has 0 aliphatic rings. The molecule has 0 saturated heterocycles. The molecule has 0 spiro atoms. The molecular formula is C7H17NO2. The molecule has 0 radical (unpaired) electrons. The standard InChI is InChI=1S/C7H17NO2/c1-7(9,6-8)4-3-5-10-2/h9H,3-6,8H2,1-2H3. The Morgan fingerprint density at radius 2 is 2.20 bits per heavy atom. The van der Waals surface area contributed by atoms with E-state index in [9.17, 15) is 5.11 Å². The first-order valence-corrected chi connectivity index (χ1v) is 3.54. The van der Waals surface area contributed by atoms with E-state index in [0.717, 1.165) is 6.42 Å². The lowest BCUT2D eigenvalue weighted by atomic mass is 10.0. The Bertz CT molecular complexity index is 83.7. The SMILES string of the molecule is COCCCC(C)(O)CN. The van der Waals surface area contributed by atoms with Gasteiger partial charge in [0.2, 0.25) is 0 Å². The minimum absolute atomic E-state index is 0.316. The zero-order chi connectivity index (χ0) is 8.04. The van der Waals surface area contributed by atoms with E-state index in [1.54, 1.807) is 14.0 Å². The monoisotopic (exact) mass is 147 g/mol. The average molecular weight is 147 g/mol. The first-order chi connectivity index (χ1) is 4.62. The predicted octanol–water partition coefficient (Wildman–Crippen LogP) is 0.123. The number of aliphatic hydroxyl groups is 1. The Labute approximate surface area is 62.2 Å². The molecule has 0 rings (SSSR count). The van der Waals surface area contributed by atoms with Crippen molar-refractivity contribution in [3.05, 3.63) is 0 Å². The van der Waals surface area contributed by atoms with E-state index in [1.165, 1.54) is 0 Å². The van der Waals surface area contributed by atoms with E-state index in [1.807, 2.05) is 0 Å². The van der Waals surface area contributed by atoms with Crippen LogP contribution in [0.4, 0.5) is 0 Å². The van der Waals surface area contributed by atoms with Crippen molar-refractivity contribution in [2.45, 2.75) is 25.4 Å². The van der Waals surface area contributed by atoms with Crippen molar-refractivity contribution in [3.63, 3.8) is 0 Å². The van der Waals surface area contributed by atoms with Gasteiger partial charge in [0.1, 0.15) is 0 Å². The van der Waals surface area contributed by atoms with Crippen LogP contribution in [-0.2, 0) is 4.74 Å². The maximum Gasteiger partial charge on any atom is 0.0742 e. The third kappa shape index (κ3) is 4.73. The molecule has 0 aromatic carbocycles. The predicted molar refractivity (Wildman–Crippen MR) is 40.8 cm³/mol. The van der Waals surface area contributed by atoms with Crippen LogP contribution in [0.15, 0.2) is 0 Å². The van der Waals surface area contributed by atoms with Gasteiger partial charge in [0.15, 0.2) is 0 Å². The van der Waals surface area contributed by atoms with Gasteiger partial charge in [0, 0.05) is 20.3 Å². The van der Waals surface area contributed by atoms with E-state index < -0.39 is 5.60 Å². The molecular weight excluding hydrogens is 130 g/mol. The van der Waals surface area contributed by atoms with Crippen molar-refractivity contribution in [3.8, 4) is 0 Å². The molecule has 3 heteroatoms. The van der Waals surface area contributed by atoms with Gasteiger partial charge in [-0.1, -0.05) is 0 Å². The van der Waals surface area contributed by atoms with Crippen LogP contribution in [-0.4, -0.2) is 31.0 Å². The van der Waals surface area contributed by atoms with Crippen molar-refractivity contribution < 1.29 is 9.84 Å². The second-order valence-electron chi connectivity index (χ2n) is 2.80. The summed E-state index contributed by atoms with van der Waals surface area (Å²) in [5.41, 5.74) is 4.59. The number of nitrogens with two attached hydrogens (primary N) is 1. The quantitative estimate of drug-likeness (QED) is 0.543. The number of methoxy groups -OCH3 is 1. The highest BCUT2D eigenvalue weighted by molar-refractivity contribution is 4.72. The molecule has 0 saturated carbocycles. The molecule has 0 heterocycles. The molecule has 1 atom stereocenters. The highest BCUT2D eigenvalue weighted by Crippen LogP contribution is 2.08. The first kappa shape index (κ1) is 9.88. The maximum atomic E-state index is 9.37. The van der Waals surface area contributed by atoms with Gasteiger partial charge in [-0.2, -0.15) is 0 Å². The second-order valence-corrected chi connectivity index (χ2v) is 2.80. The molecule has 0 fully saturated rings. The van der Waals surface area contributed by atoms with Crippen LogP contribution in [0.1, 0.15) is 19.8 Å². The number of hydrogen-bond acceptors (Lipinski definition) is 3. The minimum atomic E-state index is -0.710. The van der Waals surface area contributed by atoms with Crippen LogP contribution in [0.3, 0.4) is 0 Å². The summed E-state index contributed by atoms with van der Waals surface area (Å²) < 4.78 is 4.83. The van der Waals surface area contributed by atoms with Crippen LogP contribution in [0.25, 0.3) is 0 Å². The lowest BCUT2D eigenvalue weighted by molar-refractivity contribution is 0.0489. The van der Waals surface area contributed by atoms with Crippen LogP contribution in [0.2, 0.25) is 0 Å². The third-order valence-corrected chi connectivity index (χ3v) is 1.50. The molecule has 3 N–H and O–H groups in total. The summed E-state index contributed by atoms with van der Waals surface area (Å²) in [6.45, 7) is 2.75. The van der Waals surface area contributed by atoms with E-state index >= 15 is 0 Å². The smallest absolute Gasteiger partial charge is 0.0742 e. The van der Waals surface area contributed by atoms with E-state index in [4.69, 9.17) is 10.5 Å². The summed E-state index contributed by atoms with van der Waals surface area (Å²) in [5, 5.41) is 9.37.